The molecule has 4 aromatic rings. The van der Waals surface area contributed by atoms with Crippen LogP contribution in [0.25, 0.3) is 22.5 Å². The first kappa shape index (κ1) is 51.8. The van der Waals surface area contributed by atoms with Crippen LogP contribution in [-0.4, -0.2) is 114 Å². The van der Waals surface area contributed by atoms with E-state index >= 15 is 0 Å². The SMILES string of the molecule is Cc1nc(-c2ccc(OC3CCCCC3)cc2)nc(C)c1C(=O)N[C@@H](CC(N)=O)C(=O)N(C)[C@@H]1C(=O)N[C@@H](C)C(=O)N[C@H](C(=O)NCC#N)Cc2ccc(OCCN)c(c2)-c2cc1ccc2OCCN. The number of rotatable bonds is 17. The molecule has 6 rings (SSSR count). The molecule has 2 heterocycles. The van der Waals surface area contributed by atoms with Crippen molar-refractivity contribution in [1.29, 1.82) is 5.26 Å². The molecule has 70 heavy (non-hydrogen) atoms. The van der Waals surface area contributed by atoms with E-state index in [1.165, 1.54) is 20.4 Å². The number of fused-ring (bicyclic) bond motifs is 5. The van der Waals surface area contributed by atoms with Crippen molar-refractivity contribution in [3.05, 3.63) is 88.7 Å². The van der Waals surface area contributed by atoms with E-state index in [0.29, 0.717) is 51.0 Å². The fourth-order valence-electron chi connectivity index (χ4n) is 8.57. The van der Waals surface area contributed by atoms with E-state index in [4.69, 9.17) is 31.4 Å². The zero-order chi connectivity index (χ0) is 50.5. The first-order chi connectivity index (χ1) is 33.6. The standard InChI is InChI=1S/C50H61N11O9/c1-28-43(29(2)57-45(56-28)32-11-14-35(15-12-32)70-34-8-6-5-7-9-34)48(65)60-39(27-42(54)62)50(67)61(4)44-33-13-17-41(69-23-20-53)37(26-33)36-24-31(10-16-40(36)68-22-19-52)25-38(47(64)55-21-18-51)59-46(63)30(3)58-49(44)66/h10-17,24,26,30,34,38-39,44H,5-9,19-23,25,27,52-53H2,1-4H3,(H2,54,62)(H,55,64)(H,58,66)(H,59,63)(H,60,65)/t30-,38-,39-,44-/m0/s1. The molecule has 1 aliphatic heterocycles. The fourth-order valence-corrected chi connectivity index (χ4v) is 8.57. The Morgan fingerprint density at radius 2 is 1.50 bits per heavy atom. The number of carbonyl (C=O) groups excluding carboxylic acids is 6. The van der Waals surface area contributed by atoms with Crippen LogP contribution in [0.1, 0.15) is 84.4 Å². The maximum Gasteiger partial charge on any atom is 0.255 e. The van der Waals surface area contributed by atoms with Gasteiger partial charge in [-0.25, -0.2) is 9.97 Å². The molecule has 20 heteroatoms. The molecule has 1 fully saturated rings. The van der Waals surface area contributed by atoms with Gasteiger partial charge in [0.05, 0.1) is 35.5 Å². The highest BCUT2D eigenvalue weighted by Gasteiger charge is 2.37. The summed E-state index contributed by atoms with van der Waals surface area (Å²) < 4.78 is 18.3. The number of likely N-dealkylation sites (N-methyl/N-ethyl adjacent to an activating group) is 1. The number of benzene rings is 3. The third-order valence-electron chi connectivity index (χ3n) is 12.0. The van der Waals surface area contributed by atoms with Crippen molar-refractivity contribution in [2.24, 2.45) is 17.2 Å². The number of nitrogens with one attached hydrogen (secondary N) is 4. The first-order valence-electron chi connectivity index (χ1n) is 23.3. The topological polar surface area (TPSA) is 309 Å². The summed E-state index contributed by atoms with van der Waals surface area (Å²) in [5.74, 6) is -3.03. The number of aromatic nitrogens is 2. The minimum Gasteiger partial charge on any atom is -0.492 e. The highest BCUT2D eigenvalue weighted by atomic mass is 16.5. The molecule has 0 radical (unpaired) electrons. The van der Waals surface area contributed by atoms with Crippen LogP contribution in [0.3, 0.4) is 0 Å². The molecule has 2 aliphatic rings. The minimum absolute atomic E-state index is 0.0292. The molecule has 0 spiro atoms. The zero-order valence-corrected chi connectivity index (χ0v) is 39.8. The molecule has 6 amide bonds. The van der Waals surface area contributed by atoms with Gasteiger partial charge in [-0.1, -0.05) is 18.6 Å². The summed E-state index contributed by atoms with van der Waals surface area (Å²) in [5, 5.41) is 19.7. The number of carbonyl (C=O) groups is 6. The fraction of sp³-hybridized carbons (Fsp3) is 0.420. The van der Waals surface area contributed by atoms with E-state index in [2.05, 4.69) is 31.2 Å². The van der Waals surface area contributed by atoms with Crippen LogP contribution in [-0.2, 0) is 30.4 Å². The van der Waals surface area contributed by atoms with Gasteiger partial charge in [0.1, 0.15) is 61.2 Å². The van der Waals surface area contributed by atoms with E-state index in [9.17, 15) is 34.0 Å². The second-order valence-corrected chi connectivity index (χ2v) is 17.3. The number of hydrogen-bond acceptors (Lipinski definition) is 14. The van der Waals surface area contributed by atoms with Crippen molar-refractivity contribution in [3.8, 4) is 45.8 Å². The Labute approximate surface area is 406 Å². The molecule has 20 nitrogen and oxygen atoms in total. The Kier molecular flexibility index (Phi) is 17.8. The van der Waals surface area contributed by atoms with Crippen LogP contribution in [0.4, 0.5) is 0 Å². The number of primary amides is 1. The van der Waals surface area contributed by atoms with Crippen molar-refractivity contribution in [3.63, 3.8) is 0 Å². The number of aryl methyl sites for hydroxylation is 2. The van der Waals surface area contributed by atoms with Crippen LogP contribution in [0.5, 0.6) is 17.2 Å². The summed E-state index contributed by atoms with van der Waals surface area (Å²) in [7, 11) is 1.31. The van der Waals surface area contributed by atoms with E-state index in [-0.39, 0.29) is 56.5 Å². The Hall–Kier alpha value is -7.63. The van der Waals surface area contributed by atoms with Crippen LogP contribution in [0.2, 0.25) is 0 Å². The highest BCUT2D eigenvalue weighted by molar-refractivity contribution is 6.01. The van der Waals surface area contributed by atoms with Crippen LogP contribution in [0, 0.1) is 25.2 Å². The summed E-state index contributed by atoms with van der Waals surface area (Å²) >= 11 is 0. The van der Waals surface area contributed by atoms with Gasteiger partial charge in [-0.2, -0.15) is 5.26 Å². The third kappa shape index (κ3) is 12.9. The lowest BCUT2D eigenvalue weighted by molar-refractivity contribution is -0.142. The van der Waals surface area contributed by atoms with Crippen LogP contribution < -0.4 is 52.7 Å². The van der Waals surface area contributed by atoms with Gasteiger partial charge < -0.3 is 57.6 Å². The number of nitrogens with zero attached hydrogens (tertiary/aromatic N) is 4. The van der Waals surface area contributed by atoms with Gasteiger partial charge >= 0.3 is 0 Å². The van der Waals surface area contributed by atoms with Gasteiger partial charge in [-0.3, -0.25) is 28.8 Å². The van der Waals surface area contributed by atoms with Crippen LogP contribution >= 0.6 is 0 Å². The zero-order valence-electron chi connectivity index (χ0n) is 39.8. The van der Waals surface area contributed by atoms with Crippen molar-refractivity contribution in [2.45, 2.75) is 96.0 Å². The number of hydrogen-bond donors (Lipinski definition) is 7. The summed E-state index contributed by atoms with van der Waals surface area (Å²) in [4.78, 5) is 93.6. The molecule has 4 bridgehead atoms. The first-order valence-corrected chi connectivity index (χ1v) is 23.3. The predicted octanol–water partition coefficient (Wildman–Crippen LogP) is 2.17. The molecule has 1 aromatic heterocycles. The Morgan fingerprint density at radius 3 is 2.11 bits per heavy atom. The van der Waals surface area contributed by atoms with Gasteiger partial charge in [0.15, 0.2) is 5.82 Å². The molecule has 4 atom stereocenters. The van der Waals surface area contributed by atoms with E-state index in [0.717, 1.165) is 36.3 Å². The maximum atomic E-state index is 14.8. The molecule has 0 unspecified atom stereocenters. The molecule has 370 valence electrons. The number of nitrogens with two attached hydrogens (primary N) is 3. The van der Waals surface area contributed by atoms with Gasteiger partial charge in [0, 0.05) is 43.2 Å². The molecule has 1 saturated carbocycles. The minimum atomic E-state index is -1.60. The normalized spacial score (nSPS) is 17.6. The lowest BCUT2D eigenvalue weighted by atomic mass is 9.93. The van der Waals surface area contributed by atoms with Crippen molar-refractivity contribution < 1.29 is 43.0 Å². The van der Waals surface area contributed by atoms with Crippen molar-refractivity contribution >= 4 is 35.4 Å². The number of amides is 6. The summed E-state index contributed by atoms with van der Waals surface area (Å²) in [6.45, 7) is 4.87. The molecule has 0 saturated heterocycles. The molecular formula is C50H61N11O9. The quantitative estimate of drug-likeness (QED) is 0.0747. The Morgan fingerprint density at radius 1 is 0.871 bits per heavy atom. The third-order valence-corrected chi connectivity index (χ3v) is 12.0. The number of ether oxygens (including phenoxy) is 3. The lowest BCUT2D eigenvalue weighted by Crippen LogP contribution is -2.56. The average Bonchev–Trinajstić information content (AvgIpc) is 3.33. The van der Waals surface area contributed by atoms with Crippen molar-refractivity contribution in [2.75, 3.05) is 39.9 Å². The lowest BCUT2D eigenvalue weighted by Gasteiger charge is -2.32. The molecule has 1 aliphatic carbocycles. The predicted molar refractivity (Wildman–Crippen MR) is 258 cm³/mol. The maximum absolute atomic E-state index is 14.8. The van der Waals surface area contributed by atoms with Gasteiger partial charge in [0.25, 0.3) is 5.91 Å². The number of nitriles is 1. The van der Waals surface area contributed by atoms with E-state index in [1.54, 1.807) is 50.2 Å². The summed E-state index contributed by atoms with van der Waals surface area (Å²) in [6, 6.07) is 13.6. The second kappa shape index (κ2) is 24.1. The monoisotopic (exact) mass is 959 g/mol. The second-order valence-electron chi connectivity index (χ2n) is 17.3. The summed E-state index contributed by atoms with van der Waals surface area (Å²) in [6.07, 6.45) is 5.03. The summed E-state index contributed by atoms with van der Waals surface area (Å²) in [5.41, 5.74) is 20.3. The van der Waals surface area contributed by atoms with Gasteiger partial charge in [-0.05, 0) is 106 Å². The molecule has 10 N–H and O–H groups in total. The Bertz CT molecular complexity index is 2590. The van der Waals surface area contributed by atoms with Gasteiger partial charge in [0.2, 0.25) is 29.5 Å². The molecule has 3 aromatic carbocycles. The average molecular weight is 960 g/mol. The van der Waals surface area contributed by atoms with E-state index < -0.39 is 66.0 Å². The van der Waals surface area contributed by atoms with E-state index in [1.807, 2.05) is 30.3 Å². The highest BCUT2D eigenvalue weighted by Crippen LogP contribution is 2.40. The Balaban J connectivity index is 1.36. The van der Waals surface area contributed by atoms with Gasteiger partial charge in [-0.15, -0.1) is 0 Å². The molecular weight excluding hydrogens is 899 g/mol. The smallest absolute Gasteiger partial charge is 0.255 e. The largest absolute Gasteiger partial charge is 0.492 e. The van der Waals surface area contributed by atoms with Crippen LogP contribution in [0.15, 0.2) is 60.7 Å². The van der Waals surface area contributed by atoms with Crippen molar-refractivity contribution in [1.82, 2.24) is 36.1 Å².